The monoisotopic (exact) mass is 345 g/mol. The number of nitrogens with zero attached hydrogens (tertiary/aromatic N) is 2. The summed E-state index contributed by atoms with van der Waals surface area (Å²) in [4.78, 5) is 28.5. The second kappa shape index (κ2) is 6.42. The summed E-state index contributed by atoms with van der Waals surface area (Å²) < 4.78 is 1.37. The number of carbonyl (C=O) groups is 1. The van der Waals surface area contributed by atoms with Crippen molar-refractivity contribution in [3.05, 3.63) is 45.6 Å². The van der Waals surface area contributed by atoms with Crippen LogP contribution in [0.25, 0.3) is 21.6 Å². The highest BCUT2D eigenvalue weighted by molar-refractivity contribution is 7.13. The summed E-state index contributed by atoms with van der Waals surface area (Å²) in [6.07, 6.45) is 0. The molecule has 3 aromatic rings. The van der Waals surface area contributed by atoms with Crippen LogP contribution in [0.3, 0.4) is 0 Å². The minimum atomic E-state index is -1.03. The zero-order valence-corrected chi connectivity index (χ0v) is 13.6. The first kappa shape index (κ1) is 16.2. The van der Waals surface area contributed by atoms with Crippen molar-refractivity contribution < 1.29 is 15.0 Å². The molecular weight excluding hydrogens is 330 g/mol. The van der Waals surface area contributed by atoms with Crippen molar-refractivity contribution in [1.82, 2.24) is 14.9 Å². The lowest BCUT2D eigenvalue weighted by Crippen LogP contribution is -2.29. The molecule has 0 unspecified atom stereocenters. The van der Waals surface area contributed by atoms with E-state index in [0.717, 1.165) is 10.6 Å². The van der Waals surface area contributed by atoms with E-state index in [9.17, 15) is 14.7 Å². The van der Waals surface area contributed by atoms with Gasteiger partial charge < -0.3 is 15.5 Å². The quantitative estimate of drug-likeness (QED) is 0.648. The number of fused-ring (bicyclic) bond motifs is 1. The highest BCUT2D eigenvalue weighted by Crippen LogP contribution is 2.29. The van der Waals surface area contributed by atoms with Crippen molar-refractivity contribution in [2.45, 2.75) is 6.54 Å². The average molecular weight is 345 g/mol. The Morgan fingerprint density at radius 3 is 2.83 bits per heavy atom. The van der Waals surface area contributed by atoms with Crippen molar-refractivity contribution in [2.75, 3.05) is 6.54 Å². The number of hydrogen-bond acceptors (Lipinski definition) is 6. The van der Waals surface area contributed by atoms with E-state index in [1.165, 1.54) is 15.9 Å². The molecule has 7 nitrogen and oxygen atoms in total. The third kappa shape index (κ3) is 2.89. The molecule has 0 spiro atoms. The van der Waals surface area contributed by atoms with Crippen molar-refractivity contribution in [1.29, 1.82) is 0 Å². The van der Waals surface area contributed by atoms with E-state index in [2.05, 4.69) is 10.3 Å². The maximum absolute atomic E-state index is 12.5. The molecule has 3 N–H and O–H groups in total. The lowest BCUT2D eigenvalue weighted by Gasteiger charge is -2.12. The molecule has 8 heteroatoms. The Bertz CT molecular complexity index is 964. The van der Waals surface area contributed by atoms with E-state index in [-0.39, 0.29) is 24.4 Å². The molecule has 3 aromatic heterocycles. The van der Waals surface area contributed by atoms with Gasteiger partial charge in [0.1, 0.15) is 11.4 Å². The predicted octanol–water partition coefficient (Wildman–Crippen LogP) is 1.54. The van der Waals surface area contributed by atoms with Crippen molar-refractivity contribution in [2.24, 2.45) is 7.05 Å². The standard InChI is InChI=1S/C16H15N3O4S/c1-19-15-9(4-5-11(18-15)12-3-2-6-24-12)14(22)10(16(19)23)7-17-8-13(20)21/h2-6,17,22H,7-8H2,1H3,(H,20,21). The van der Waals surface area contributed by atoms with Gasteiger partial charge in [0.25, 0.3) is 5.56 Å². The van der Waals surface area contributed by atoms with Crippen LogP contribution in [0.1, 0.15) is 5.56 Å². The van der Waals surface area contributed by atoms with Gasteiger partial charge in [0, 0.05) is 13.6 Å². The summed E-state index contributed by atoms with van der Waals surface area (Å²) in [6, 6.07) is 7.35. The molecule has 0 saturated heterocycles. The molecule has 0 aliphatic carbocycles. The number of rotatable bonds is 5. The third-order valence-electron chi connectivity index (χ3n) is 3.65. The first-order valence-corrected chi connectivity index (χ1v) is 8.05. The largest absolute Gasteiger partial charge is 0.507 e. The number of aliphatic carboxylic acids is 1. The molecule has 0 aliphatic heterocycles. The van der Waals surface area contributed by atoms with Crippen LogP contribution < -0.4 is 10.9 Å². The van der Waals surface area contributed by atoms with E-state index in [0.29, 0.717) is 11.0 Å². The lowest BCUT2D eigenvalue weighted by atomic mass is 10.1. The van der Waals surface area contributed by atoms with Crippen LogP contribution >= 0.6 is 11.3 Å². The van der Waals surface area contributed by atoms with Gasteiger partial charge in [0.05, 0.1) is 28.1 Å². The van der Waals surface area contributed by atoms with E-state index >= 15 is 0 Å². The molecule has 0 aliphatic rings. The Morgan fingerprint density at radius 1 is 1.38 bits per heavy atom. The summed E-state index contributed by atoms with van der Waals surface area (Å²) in [7, 11) is 1.58. The average Bonchev–Trinajstić information content (AvgIpc) is 3.09. The number of pyridine rings is 2. The fraction of sp³-hybridized carbons (Fsp3) is 0.188. The summed E-state index contributed by atoms with van der Waals surface area (Å²) >= 11 is 1.54. The Kier molecular flexibility index (Phi) is 4.32. The van der Waals surface area contributed by atoms with Crippen LogP contribution in [-0.4, -0.2) is 32.3 Å². The van der Waals surface area contributed by atoms with Gasteiger partial charge in [-0.1, -0.05) is 6.07 Å². The fourth-order valence-electron chi connectivity index (χ4n) is 2.47. The molecule has 0 radical (unpaired) electrons. The molecule has 0 saturated carbocycles. The maximum Gasteiger partial charge on any atom is 0.317 e. The number of nitrogens with one attached hydrogen (secondary N) is 1. The minimum absolute atomic E-state index is 0.0343. The van der Waals surface area contributed by atoms with Gasteiger partial charge in [-0.2, -0.15) is 0 Å². The van der Waals surface area contributed by atoms with Gasteiger partial charge in [-0.15, -0.1) is 11.3 Å². The molecule has 3 heterocycles. The fourth-order valence-corrected chi connectivity index (χ4v) is 3.16. The zero-order chi connectivity index (χ0) is 17.3. The maximum atomic E-state index is 12.5. The van der Waals surface area contributed by atoms with Gasteiger partial charge in [0.15, 0.2) is 0 Å². The number of aryl methyl sites for hydroxylation is 1. The molecule has 24 heavy (non-hydrogen) atoms. The smallest absolute Gasteiger partial charge is 0.317 e. The minimum Gasteiger partial charge on any atom is -0.507 e. The van der Waals surface area contributed by atoms with Crippen LogP contribution in [0, 0.1) is 0 Å². The lowest BCUT2D eigenvalue weighted by molar-refractivity contribution is -0.136. The normalized spacial score (nSPS) is 11.0. The van der Waals surface area contributed by atoms with Gasteiger partial charge in [0.2, 0.25) is 0 Å². The van der Waals surface area contributed by atoms with Crippen LogP contribution in [0.15, 0.2) is 34.4 Å². The SMILES string of the molecule is Cn1c(=O)c(CNCC(=O)O)c(O)c2ccc(-c3cccs3)nc21. The molecule has 124 valence electrons. The van der Waals surface area contributed by atoms with E-state index < -0.39 is 11.5 Å². The number of carboxylic acid groups (broad SMARTS) is 1. The van der Waals surface area contributed by atoms with E-state index in [4.69, 9.17) is 5.11 Å². The van der Waals surface area contributed by atoms with Gasteiger partial charge >= 0.3 is 5.97 Å². The number of hydrogen-bond donors (Lipinski definition) is 3. The van der Waals surface area contributed by atoms with Crippen molar-refractivity contribution >= 4 is 28.3 Å². The number of thiophene rings is 1. The summed E-state index contributed by atoms with van der Waals surface area (Å²) in [5, 5.41) is 24.1. The first-order valence-electron chi connectivity index (χ1n) is 7.17. The van der Waals surface area contributed by atoms with Gasteiger partial charge in [-0.05, 0) is 23.6 Å². The van der Waals surface area contributed by atoms with Crippen LogP contribution in [0.5, 0.6) is 5.75 Å². The van der Waals surface area contributed by atoms with E-state index in [1.807, 2.05) is 17.5 Å². The van der Waals surface area contributed by atoms with Gasteiger partial charge in [-0.3, -0.25) is 14.2 Å². The van der Waals surface area contributed by atoms with Crippen molar-refractivity contribution in [3.8, 4) is 16.3 Å². The summed E-state index contributed by atoms with van der Waals surface area (Å²) in [5.41, 5.74) is 0.819. The van der Waals surface area contributed by atoms with Crippen LogP contribution in [0.4, 0.5) is 0 Å². The summed E-state index contributed by atoms with van der Waals surface area (Å²) in [5.74, 6) is -1.20. The molecule has 3 rings (SSSR count). The number of aromatic nitrogens is 2. The molecule has 0 aromatic carbocycles. The molecular formula is C16H15N3O4S. The van der Waals surface area contributed by atoms with Gasteiger partial charge in [-0.25, -0.2) is 4.98 Å². The van der Waals surface area contributed by atoms with Crippen LogP contribution in [0.2, 0.25) is 0 Å². The molecule has 0 amide bonds. The Morgan fingerprint density at radius 2 is 2.17 bits per heavy atom. The predicted molar refractivity (Wildman–Crippen MR) is 91.3 cm³/mol. The van der Waals surface area contributed by atoms with Crippen molar-refractivity contribution in [3.63, 3.8) is 0 Å². The third-order valence-corrected chi connectivity index (χ3v) is 4.54. The highest BCUT2D eigenvalue weighted by atomic mass is 32.1. The summed E-state index contributed by atoms with van der Waals surface area (Å²) in [6.45, 7) is -0.330. The Hall–Kier alpha value is -2.71. The Labute approximate surface area is 140 Å². The molecule has 0 bridgehead atoms. The molecule has 0 fully saturated rings. The number of carboxylic acids is 1. The first-order chi connectivity index (χ1) is 11.5. The highest BCUT2D eigenvalue weighted by Gasteiger charge is 2.16. The van der Waals surface area contributed by atoms with E-state index in [1.54, 1.807) is 19.2 Å². The zero-order valence-electron chi connectivity index (χ0n) is 12.8. The number of aromatic hydroxyl groups is 1. The van der Waals surface area contributed by atoms with Crippen LogP contribution in [-0.2, 0) is 18.4 Å². The second-order valence-electron chi connectivity index (χ2n) is 5.23. The molecule has 0 atom stereocenters. The Balaban J connectivity index is 2.09. The topological polar surface area (TPSA) is 104 Å². The second-order valence-corrected chi connectivity index (χ2v) is 6.18.